The molecule has 3 atom stereocenters. The van der Waals surface area contributed by atoms with E-state index in [0.29, 0.717) is 6.41 Å². The van der Waals surface area contributed by atoms with E-state index >= 15 is 0 Å². The van der Waals surface area contributed by atoms with Gasteiger partial charge in [0.2, 0.25) is 12.3 Å². The Morgan fingerprint density at radius 3 is 2.12 bits per heavy atom. The first-order valence-electron chi connectivity index (χ1n) is 10.8. The zero-order chi connectivity index (χ0) is 26.6. The molecule has 0 aliphatic carbocycles. The molecule has 1 saturated heterocycles. The van der Waals surface area contributed by atoms with Gasteiger partial charge in [-0.05, 0) is 53.4 Å². The van der Waals surface area contributed by atoms with Crippen LogP contribution in [0.4, 0.5) is 4.79 Å². The van der Waals surface area contributed by atoms with Gasteiger partial charge < -0.3 is 30.5 Å². The van der Waals surface area contributed by atoms with Crippen molar-refractivity contribution in [2.75, 3.05) is 20.2 Å². The fourth-order valence-electron chi connectivity index (χ4n) is 2.66. The van der Waals surface area contributed by atoms with Crippen LogP contribution in [0.3, 0.4) is 0 Å². The highest BCUT2D eigenvalue weighted by Gasteiger charge is 2.25. The van der Waals surface area contributed by atoms with Crippen molar-refractivity contribution in [3.05, 3.63) is 0 Å². The molecule has 0 bridgehead atoms. The maximum absolute atomic E-state index is 11.8. The first kappa shape index (κ1) is 38.5. The van der Waals surface area contributed by atoms with Gasteiger partial charge in [0.05, 0.1) is 0 Å². The average Bonchev–Trinajstić information content (AvgIpc) is 3.16. The van der Waals surface area contributed by atoms with Gasteiger partial charge in [0, 0.05) is 19.7 Å². The molecule has 34 heavy (non-hydrogen) atoms. The summed E-state index contributed by atoms with van der Waals surface area (Å²) >= 11 is 0. The Bertz CT molecular complexity index is 613. The van der Waals surface area contributed by atoms with Gasteiger partial charge in [-0.25, -0.2) is 9.59 Å². The summed E-state index contributed by atoms with van der Waals surface area (Å²) in [6.07, 6.45) is 7.29. The van der Waals surface area contributed by atoms with Gasteiger partial charge >= 0.3 is 12.1 Å². The summed E-state index contributed by atoms with van der Waals surface area (Å²) in [5.74, 6) is 1.20. The van der Waals surface area contributed by atoms with Gasteiger partial charge in [-0.1, -0.05) is 27.7 Å². The molecule has 1 fully saturated rings. The highest BCUT2D eigenvalue weighted by atomic mass is 16.6. The maximum atomic E-state index is 11.8. The fourth-order valence-corrected chi connectivity index (χ4v) is 2.66. The van der Waals surface area contributed by atoms with Gasteiger partial charge in [0.25, 0.3) is 0 Å². The number of carbonyl (C=O) groups is 4. The van der Waals surface area contributed by atoms with Crippen molar-refractivity contribution in [3.63, 3.8) is 0 Å². The molecular formula is C24H47N3O7. The molecule has 1 aliphatic rings. The number of aliphatic carboxylic acids is 1. The van der Waals surface area contributed by atoms with E-state index < -0.39 is 23.7 Å². The van der Waals surface area contributed by atoms with E-state index in [-0.39, 0.29) is 31.8 Å². The van der Waals surface area contributed by atoms with Gasteiger partial charge in [-0.15, -0.1) is 12.3 Å². The quantitative estimate of drug-likeness (QED) is 0.318. The Morgan fingerprint density at radius 1 is 1.29 bits per heavy atom. The molecule has 200 valence electrons. The molecule has 4 N–H and O–H groups in total. The molecule has 0 aromatic rings. The molecule has 1 heterocycles. The van der Waals surface area contributed by atoms with Crippen LogP contribution in [-0.2, 0) is 19.1 Å². The third kappa shape index (κ3) is 19.9. The zero-order valence-electron chi connectivity index (χ0n) is 21.3. The van der Waals surface area contributed by atoms with Crippen molar-refractivity contribution in [2.24, 2.45) is 5.92 Å². The summed E-state index contributed by atoms with van der Waals surface area (Å²) in [5, 5.41) is 20.3. The highest BCUT2D eigenvalue weighted by Crippen LogP contribution is 2.16. The lowest BCUT2D eigenvalue weighted by molar-refractivity contribution is -0.142. The van der Waals surface area contributed by atoms with Crippen LogP contribution in [0.25, 0.3) is 0 Å². The second-order valence-corrected chi connectivity index (χ2v) is 8.21. The Balaban J connectivity index is -0.000000230. The van der Waals surface area contributed by atoms with Crippen LogP contribution in [0, 0.1) is 18.3 Å². The second kappa shape index (κ2) is 22.0. The normalized spacial score (nSPS) is 15.4. The topological polar surface area (TPSA) is 145 Å². The number of nitrogens with one attached hydrogen (secondary N) is 2. The van der Waals surface area contributed by atoms with E-state index in [1.807, 2.05) is 13.8 Å². The average molecular weight is 490 g/mol. The summed E-state index contributed by atoms with van der Waals surface area (Å²) in [7, 11) is 1.00. The van der Waals surface area contributed by atoms with Crippen LogP contribution in [0.2, 0.25) is 0 Å². The van der Waals surface area contributed by atoms with Crippen LogP contribution < -0.4 is 10.6 Å². The number of alkyl carbamates (subject to hydrolysis) is 1. The van der Waals surface area contributed by atoms with Gasteiger partial charge in [-0.3, -0.25) is 9.59 Å². The number of terminal acetylenes is 1. The maximum Gasteiger partial charge on any atom is 0.408 e. The molecular weight excluding hydrogens is 442 g/mol. The van der Waals surface area contributed by atoms with Crippen molar-refractivity contribution < 1.29 is 34.1 Å². The molecule has 0 aromatic carbocycles. The number of nitrogens with zero attached hydrogens (tertiary/aromatic N) is 1. The van der Waals surface area contributed by atoms with E-state index in [1.54, 1.807) is 39.5 Å². The molecule has 10 nitrogen and oxygen atoms in total. The Labute approximate surface area is 205 Å². The van der Waals surface area contributed by atoms with E-state index in [1.165, 1.54) is 0 Å². The second-order valence-electron chi connectivity index (χ2n) is 8.21. The Kier molecular flexibility index (Phi) is 24.9. The minimum absolute atomic E-state index is 0. The number of rotatable bonds is 7. The minimum Gasteiger partial charge on any atom is -0.480 e. The molecule has 0 saturated carbocycles. The molecule has 1 aliphatic heterocycles. The molecule has 3 amide bonds. The van der Waals surface area contributed by atoms with Crippen molar-refractivity contribution in [1.82, 2.24) is 15.5 Å². The highest BCUT2D eigenvalue weighted by molar-refractivity contribution is 5.82. The smallest absolute Gasteiger partial charge is 0.408 e. The van der Waals surface area contributed by atoms with E-state index in [2.05, 4.69) is 23.0 Å². The van der Waals surface area contributed by atoms with E-state index in [0.717, 1.165) is 32.9 Å². The summed E-state index contributed by atoms with van der Waals surface area (Å²) < 4.78 is 5.06. The number of carbonyl (C=O) groups excluding carboxylic acids is 3. The first-order chi connectivity index (χ1) is 15.3. The fraction of sp³-hybridized carbons (Fsp3) is 0.750. The number of ether oxygens (including phenoxy) is 1. The van der Waals surface area contributed by atoms with Crippen LogP contribution in [0.5, 0.6) is 0 Å². The zero-order valence-corrected chi connectivity index (χ0v) is 21.3. The number of hydrogen-bond donors (Lipinski definition) is 4. The van der Waals surface area contributed by atoms with Crippen LogP contribution >= 0.6 is 0 Å². The molecule has 1 rings (SSSR count). The van der Waals surface area contributed by atoms with E-state index in [4.69, 9.17) is 14.9 Å². The Morgan fingerprint density at radius 2 is 1.79 bits per heavy atom. The number of aliphatic hydroxyl groups excluding tert-OH is 1. The van der Waals surface area contributed by atoms with Crippen molar-refractivity contribution in [1.29, 1.82) is 0 Å². The number of hydrogen-bond acceptors (Lipinski definition) is 6. The van der Waals surface area contributed by atoms with Crippen LogP contribution in [-0.4, -0.2) is 77.4 Å². The lowest BCUT2D eigenvalue weighted by Gasteiger charge is -2.23. The van der Waals surface area contributed by atoms with Crippen LogP contribution in [0.15, 0.2) is 0 Å². The summed E-state index contributed by atoms with van der Waals surface area (Å²) in [4.78, 5) is 45.4. The van der Waals surface area contributed by atoms with Crippen LogP contribution in [0.1, 0.15) is 75.2 Å². The summed E-state index contributed by atoms with van der Waals surface area (Å²) in [6.45, 7) is 13.5. The van der Waals surface area contributed by atoms with Crippen molar-refractivity contribution in [2.45, 2.75) is 92.8 Å². The van der Waals surface area contributed by atoms with Crippen molar-refractivity contribution >= 4 is 24.4 Å². The third-order valence-electron chi connectivity index (χ3n) is 4.38. The number of amides is 3. The standard InChI is InChI=1S/C12H22N2O3.C7H13NO3.C3H4.CH4O.CH4/c1-9-6-5-7-14(9)10(15)8-13-11(16)17-12(2,3)4;1-3-5(2)6(7(10)11)8-4-9;1-3-2;1-2;/h9H,5-8H2,1-4H3,(H,13,16);4-6H,3H2,1-2H3,(H,8,9)(H,10,11);1H,2H3;2H,1H3;1H4. The molecule has 0 spiro atoms. The predicted octanol–water partition coefficient (Wildman–Crippen LogP) is 2.64. The lowest BCUT2D eigenvalue weighted by atomic mass is 10.00. The SMILES string of the molecule is C.C#CC.CC1CCCN1C(=O)CNC(=O)OC(C)(C)C.CCC(C)C(NC=O)C(=O)O.CO. The van der Waals surface area contributed by atoms with Crippen molar-refractivity contribution in [3.8, 4) is 12.3 Å². The summed E-state index contributed by atoms with van der Waals surface area (Å²) in [6, 6.07) is -0.472. The number of carboxylic acid groups (broad SMARTS) is 1. The largest absolute Gasteiger partial charge is 0.480 e. The minimum atomic E-state index is -0.980. The number of carboxylic acids is 1. The third-order valence-corrected chi connectivity index (χ3v) is 4.38. The molecule has 10 heteroatoms. The monoisotopic (exact) mass is 489 g/mol. The number of aliphatic hydroxyl groups is 1. The molecule has 3 unspecified atom stereocenters. The van der Waals surface area contributed by atoms with Gasteiger partial charge in [-0.2, -0.15) is 0 Å². The van der Waals surface area contributed by atoms with Gasteiger partial charge in [0.1, 0.15) is 18.2 Å². The van der Waals surface area contributed by atoms with Gasteiger partial charge in [0.15, 0.2) is 0 Å². The predicted molar refractivity (Wildman–Crippen MR) is 134 cm³/mol. The molecule has 0 radical (unpaired) electrons. The molecule has 0 aromatic heterocycles. The summed E-state index contributed by atoms with van der Waals surface area (Å²) in [5.41, 5.74) is -0.534. The Hall–Kier alpha value is -2.80. The number of likely N-dealkylation sites (tertiary alicyclic amines) is 1. The first-order valence-corrected chi connectivity index (χ1v) is 10.8. The lowest BCUT2D eigenvalue weighted by Crippen LogP contribution is -2.43. The van der Waals surface area contributed by atoms with E-state index in [9.17, 15) is 19.2 Å².